The number of halogens is 1. The Kier molecular flexibility index (Phi) is 10.4. The molecule has 0 aliphatic rings. The van der Waals surface area contributed by atoms with E-state index in [1.807, 2.05) is 0 Å². The summed E-state index contributed by atoms with van der Waals surface area (Å²) < 4.78 is 8.25. The predicted molar refractivity (Wildman–Crippen MR) is 98.5 cm³/mol. The second-order valence-corrected chi connectivity index (χ2v) is 12.0. The maximum Gasteiger partial charge on any atom is 0.191 e. The molecule has 0 aromatic rings. The molecule has 0 saturated carbocycles. The van der Waals surface area contributed by atoms with E-state index in [0.717, 1.165) is 13.0 Å². The van der Waals surface area contributed by atoms with Gasteiger partial charge in [0, 0.05) is 6.61 Å². The Labute approximate surface area is 135 Å². The van der Waals surface area contributed by atoms with Crippen LogP contribution in [0.1, 0.15) is 52.9 Å². The Balaban J connectivity index is 3.56. The Bertz CT molecular complexity index is 277. The van der Waals surface area contributed by atoms with Crippen molar-refractivity contribution in [1.29, 1.82) is 0 Å². The van der Waals surface area contributed by atoms with Gasteiger partial charge in [-0.3, -0.25) is 0 Å². The molecular weight excluding hydrogens is 363 g/mol. The Morgan fingerprint density at radius 3 is 2.11 bits per heavy atom. The fraction of sp³-hybridized carbons (Fsp3) is 0.750. The van der Waals surface area contributed by atoms with Crippen LogP contribution in [0, 0.1) is 0 Å². The van der Waals surface area contributed by atoms with Gasteiger partial charge in [0.1, 0.15) is 0 Å². The second-order valence-electron chi connectivity index (χ2n) is 6.51. The van der Waals surface area contributed by atoms with Gasteiger partial charge in [-0.1, -0.05) is 61.6 Å². The standard InChI is InChI=1S/C16H31IOSi/c1-16(2,3)19(4,5)18-15-13-11-9-7-6-8-10-12-14-17/h6-7,12,14H,8-11,13,15H2,1-5H3/b7-6+,14-12-. The van der Waals surface area contributed by atoms with Gasteiger partial charge in [0.15, 0.2) is 8.32 Å². The van der Waals surface area contributed by atoms with Crippen LogP contribution in [0.4, 0.5) is 0 Å². The highest BCUT2D eigenvalue weighted by Gasteiger charge is 2.36. The van der Waals surface area contributed by atoms with E-state index < -0.39 is 8.32 Å². The third-order valence-electron chi connectivity index (χ3n) is 3.79. The molecule has 0 radical (unpaired) electrons. The summed E-state index contributed by atoms with van der Waals surface area (Å²) in [5.74, 6) is 0. The highest BCUT2D eigenvalue weighted by atomic mass is 127. The molecule has 0 heterocycles. The van der Waals surface area contributed by atoms with E-state index in [-0.39, 0.29) is 0 Å². The minimum Gasteiger partial charge on any atom is -0.417 e. The molecule has 0 N–H and O–H groups in total. The maximum atomic E-state index is 6.16. The van der Waals surface area contributed by atoms with Crippen molar-refractivity contribution < 1.29 is 4.43 Å². The second kappa shape index (κ2) is 10.2. The van der Waals surface area contributed by atoms with Gasteiger partial charge in [-0.05, 0) is 54.3 Å². The van der Waals surface area contributed by atoms with Crippen LogP contribution in [0.15, 0.2) is 22.3 Å². The molecule has 1 nitrogen and oxygen atoms in total. The van der Waals surface area contributed by atoms with E-state index in [2.05, 4.69) is 78.8 Å². The molecule has 0 atom stereocenters. The third kappa shape index (κ3) is 9.85. The molecule has 0 aromatic carbocycles. The van der Waals surface area contributed by atoms with Crippen LogP contribution in [0.25, 0.3) is 0 Å². The highest BCUT2D eigenvalue weighted by Crippen LogP contribution is 2.36. The topological polar surface area (TPSA) is 9.23 Å². The lowest BCUT2D eigenvalue weighted by Gasteiger charge is -2.36. The van der Waals surface area contributed by atoms with Gasteiger partial charge in [0.25, 0.3) is 0 Å². The summed E-state index contributed by atoms with van der Waals surface area (Å²) in [6.07, 6.45) is 12.8. The molecule has 0 bridgehead atoms. The summed E-state index contributed by atoms with van der Waals surface area (Å²) in [5.41, 5.74) is 0. The van der Waals surface area contributed by atoms with E-state index in [1.165, 1.54) is 25.7 Å². The first-order valence-electron chi connectivity index (χ1n) is 7.35. The molecule has 0 aliphatic heterocycles. The van der Waals surface area contributed by atoms with Crippen molar-refractivity contribution >= 4 is 30.9 Å². The number of unbranched alkanes of at least 4 members (excludes halogenated alkanes) is 3. The Morgan fingerprint density at radius 2 is 1.53 bits per heavy atom. The van der Waals surface area contributed by atoms with Crippen molar-refractivity contribution in [2.45, 2.75) is 71.0 Å². The minimum absolute atomic E-state index is 0.332. The fourth-order valence-corrected chi connectivity index (χ4v) is 2.85. The molecule has 3 heteroatoms. The van der Waals surface area contributed by atoms with Gasteiger partial charge in [-0.25, -0.2) is 0 Å². The van der Waals surface area contributed by atoms with Crippen LogP contribution in [0.5, 0.6) is 0 Å². The molecule has 0 amide bonds. The van der Waals surface area contributed by atoms with E-state index >= 15 is 0 Å². The van der Waals surface area contributed by atoms with Gasteiger partial charge in [-0.15, -0.1) is 0 Å². The number of allylic oxidation sites excluding steroid dienone is 3. The first kappa shape index (κ1) is 19.4. The average Bonchev–Trinajstić information content (AvgIpc) is 2.30. The van der Waals surface area contributed by atoms with Crippen LogP contribution in [0.2, 0.25) is 18.1 Å². The van der Waals surface area contributed by atoms with Crippen LogP contribution in [-0.2, 0) is 4.43 Å². The lowest BCUT2D eigenvalue weighted by molar-refractivity contribution is 0.279. The van der Waals surface area contributed by atoms with Crippen LogP contribution in [-0.4, -0.2) is 14.9 Å². The molecule has 0 saturated heterocycles. The highest BCUT2D eigenvalue weighted by molar-refractivity contribution is 14.1. The van der Waals surface area contributed by atoms with Crippen LogP contribution in [0.3, 0.4) is 0 Å². The molecule has 0 fully saturated rings. The molecule has 0 unspecified atom stereocenters. The van der Waals surface area contributed by atoms with E-state index in [4.69, 9.17) is 4.43 Å². The lowest BCUT2D eigenvalue weighted by Crippen LogP contribution is -2.40. The van der Waals surface area contributed by atoms with Crippen molar-refractivity contribution in [3.8, 4) is 0 Å². The van der Waals surface area contributed by atoms with Crippen molar-refractivity contribution in [2.75, 3.05) is 6.61 Å². The van der Waals surface area contributed by atoms with Gasteiger partial charge < -0.3 is 4.43 Å². The largest absolute Gasteiger partial charge is 0.417 e. The van der Waals surface area contributed by atoms with E-state index in [1.54, 1.807) is 0 Å². The first-order chi connectivity index (χ1) is 8.81. The summed E-state index contributed by atoms with van der Waals surface area (Å²) in [6.45, 7) is 12.5. The zero-order chi connectivity index (χ0) is 14.8. The Morgan fingerprint density at radius 1 is 0.947 bits per heavy atom. The van der Waals surface area contributed by atoms with Gasteiger partial charge in [0.05, 0.1) is 0 Å². The zero-order valence-electron chi connectivity index (χ0n) is 13.3. The van der Waals surface area contributed by atoms with Gasteiger partial charge >= 0.3 is 0 Å². The fourth-order valence-electron chi connectivity index (χ4n) is 1.40. The monoisotopic (exact) mass is 394 g/mol. The smallest absolute Gasteiger partial charge is 0.191 e. The number of rotatable bonds is 9. The minimum atomic E-state index is -1.52. The van der Waals surface area contributed by atoms with Crippen molar-refractivity contribution in [3.05, 3.63) is 22.3 Å². The summed E-state index contributed by atoms with van der Waals surface area (Å²) in [4.78, 5) is 0. The molecule has 0 aromatic heterocycles. The van der Waals surface area contributed by atoms with Gasteiger partial charge in [0.2, 0.25) is 0 Å². The molecular formula is C16H31IOSi. The Hall–Kier alpha value is 0.387. The average molecular weight is 394 g/mol. The summed E-state index contributed by atoms with van der Waals surface area (Å²) in [6, 6.07) is 0. The van der Waals surface area contributed by atoms with E-state index in [9.17, 15) is 0 Å². The van der Waals surface area contributed by atoms with Crippen molar-refractivity contribution in [2.24, 2.45) is 0 Å². The number of hydrogen-bond donors (Lipinski definition) is 0. The van der Waals surface area contributed by atoms with Crippen LogP contribution >= 0.6 is 22.6 Å². The molecule has 0 aliphatic carbocycles. The SMILES string of the molecule is CC(C)(C)[Si](C)(C)OCCCC/C=C/CC/C=C\I. The van der Waals surface area contributed by atoms with Crippen molar-refractivity contribution in [3.63, 3.8) is 0 Å². The maximum absolute atomic E-state index is 6.16. The quantitative estimate of drug-likeness (QED) is 0.189. The molecule has 19 heavy (non-hydrogen) atoms. The predicted octanol–water partition coefficient (Wildman–Crippen LogP) is 6.46. The molecule has 112 valence electrons. The van der Waals surface area contributed by atoms with E-state index in [0.29, 0.717) is 5.04 Å². The van der Waals surface area contributed by atoms with Crippen molar-refractivity contribution in [1.82, 2.24) is 0 Å². The summed E-state index contributed by atoms with van der Waals surface area (Å²) in [7, 11) is -1.52. The lowest BCUT2D eigenvalue weighted by atomic mass is 10.2. The first-order valence-corrected chi connectivity index (χ1v) is 11.5. The van der Waals surface area contributed by atoms with Gasteiger partial charge in [-0.2, -0.15) is 0 Å². The zero-order valence-corrected chi connectivity index (χ0v) is 16.5. The van der Waals surface area contributed by atoms with Crippen LogP contribution < -0.4 is 0 Å². The molecule has 0 rings (SSSR count). The third-order valence-corrected chi connectivity index (χ3v) is 8.84. The number of hydrogen-bond acceptors (Lipinski definition) is 1. The normalized spacial score (nSPS) is 13.8. The summed E-state index contributed by atoms with van der Waals surface area (Å²) in [5, 5.41) is 0.332. The molecule has 0 spiro atoms. The summed E-state index contributed by atoms with van der Waals surface area (Å²) >= 11 is 2.27.